The third-order valence-electron chi connectivity index (χ3n) is 5.88. The monoisotopic (exact) mass is 447 g/mol. The van der Waals surface area contributed by atoms with E-state index in [1.807, 2.05) is 22.8 Å². The third-order valence-corrected chi connectivity index (χ3v) is 6.29. The molecule has 1 saturated heterocycles. The highest BCUT2D eigenvalue weighted by Crippen LogP contribution is 2.42. The van der Waals surface area contributed by atoms with Crippen LogP contribution < -0.4 is 0 Å². The Morgan fingerprint density at radius 3 is 2.68 bits per heavy atom. The summed E-state index contributed by atoms with van der Waals surface area (Å²) in [6.07, 6.45) is -0.687. The van der Waals surface area contributed by atoms with E-state index >= 15 is 0 Å². The lowest BCUT2D eigenvalue weighted by molar-refractivity contribution is -0.137. The van der Waals surface area contributed by atoms with Gasteiger partial charge in [0.05, 0.1) is 28.2 Å². The van der Waals surface area contributed by atoms with Crippen molar-refractivity contribution >= 4 is 17.5 Å². The molecule has 160 valence electrons. The zero-order valence-electron chi connectivity index (χ0n) is 16.2. The van der Waals surface area contributed by atoms with Gasteiger partial charge in [-0.2, -0.15) is 13.2 Å². The minimum Gasteiger partial charge on any atom is -0.324 e. The van der Waals surface area contributed by atoms with Crippen LogP contribution in [-0.4, -0.2) is 36.6 Å². The first kappa shape index (κ1) is 20.0. The molecule has 0 spiro atoms. The van der Waals surface area contributed by atoms with E-state index in [2.05, 4.69) is 15.2 Å². The lowest BCUT2D eigenvalue weighted by atomic mass is 9.90. The molecule has 2 aliphatic rings. The standard InChI is InChI=1S/C21H17ClF3N5O/c22-17-13(6-4-7-14(17)21(23,24)25)20(31)30-12-5-3-9-16(30)19-28-27-18(29(19)11-12)15-8-1-2-10-26-15/h1-2,4,6-8,10,12,16H,3,5,9,11H2/t12-,16-/m1/s1. The number of pyridine rings is 1. The Kier molecular flexibility index (Phi) is 4.73. The summed E-state index contributed by atoms with van der Waals surface area (Å²) < 4.78 is 41.8. The number of alkyl halides is 3. The second-order valence-corrected chi connectivity index (χ2v) is 8.06. The zero-order chi connectivity index (χ0) is 21.8. The molecule has 1 amide bonds. The molecule has 0 radical (unpaired) electrons. The van der Waals surface area contributed by atoms with E-state index in [1.54, 1.807) is 11.1 Å². The molecule has 2 aliphatic heterocycles. The van der Waals surface area contributed by atoms with Gasteiger partial charge in [0, 0.05) is 12.7 Å². The fourth-order valence-electron chi connectivity index (χ4n) is 4.51. The molecule has 31 heavy (non-hydrogen) atoms. The molecular formula is C21H17ClF3N5O. The topological polar surface area (TPSA) is 63.9 Å². The van der Waals surface area contributed by atoms with E-state index in [0.29, 0.717) is 30.3 Å². The Hall–Kier alpha value is -2.94. The summed E-state index contributed by atoms with van der Waals surface area (Å²) in [5, 5.41) is 8.05. The first-order chi connectivity index (χ1) is 14.9. The number of aromatic nitrogens is 4. The van der Waals surface area contributed by atoms with E-state index in [0.717, 1.165) is 18.9 Å². The lowest BCUT2D eigenvalue weighted by Crippen LogP contribution is -2.52. The van der Waals surface area contributed by atoms with Gasteiger partial charge < -0.3 is 9.47 Å². The number of hydrogen-bond donors (Lipinski definition) is 0. The van der Waals surface area contributed by atoms with Gasteiger partial charge in [0.15, 0.2) is 11.6 Å². The Morgan fingerprint density at radius 2 is 1.94 bits per heavy atom. The van der Waals surface area contributed by atoms with Gasteiger partial charge in [-0.15, -0.1) is 10.2 Å². The molecule has 10 heteroatoms. The van der Waals surface area contributed by atoms with Crippen molar-refractivity contribution in [1.82, 2.24) is 24.6 Å². The van der Waals surface area contributed by atoms with Gasteiger partial charge in [-0.25, -0.2) is 0 Å². The van der Waals surface area contributed by atoms with E-state index in [1.165, 1.54) is 12.1 Å². The van der Waals surface area contributed by atoms with Crippen LogP contribution in [0.1, 0.15) is 47.1 Å². The van der Waals surface area contributed by atoms with Crippen molar-refractivity contribution in [3.63, 3.8) is 0 Å². The summed E-state index contributed by atoms with van der Waals surface area (Å²) in [5.74, 6) is 0.726. The number of carbonyl (C=O) groups excluding carboxylic acids is 1. The zero-order valence-corrected chi connectivity index (χ0v) is 16.9. The summed E-state index contributed by atoms with van der Waals surface area (Å²) in [7, 11) is 0. The van der Waals surface area contributed by atoms with Crippen LogP contribution in [0.3, 0.4) is 0 Å². The number of carbonyl (C=O) groups is 1. The molecule has 1 fully saturated rings. The van der Waals surface area contributed by atoms with Crippen LogP contribution in [-0.2, 0) is 12.7 Å². The van der Waals surface area contributed by atoms with Crippen LogP contribution in [0.2, 0.25) is 5.02 Å². The number of fused-ring (bicyclic) bond motifs is 4. The Balaban J connectivity index is 1.55. The molecule has 2 bridgehead atoms. The number of benzene rings is 1. The Morgan fingerprint density at radius 1 is 1.10 bits per heavy atom. The average Bonchev–Trinajstić information content (AvgIpc) is 3.16. The van der Waals surface area contributed by atoms with Gasteiger partial charge in [-0.1, -0.05) is 23.7 Å². The highest BCUT2D eigenvalue weighted by atomic mass is 35.5. The number of amides is 1. The fraction of sp³-hybridized carbons (Fsp3) is 0.333. The lowest BCUT2D eigenvalue weighted by Gasteiger charge is -2.45. The SMILES string of the molecule is O=C(c1cccc(C(F)(F)F)c1Cl)N1[C@@H]2CCC[C@@H]1c1nnc(-c3ccccn3)n1C2. The van der Waals surface area contributed by atoms with Gasteiger partial charge in [0.25, 0.3) is 5.91 Å². The van der Waals surface area contributed by atoms with Crippen LogP contribution in [0.4, 0.5) is 13.2 Å². The van der Waals surface area contributed by atoms with Crippen LogP contribution in [0.25, 0.3) is 11.5 Å². The molecule has 2 atom stereocenters. The Labute approximate surface area is 180 Å². The second-order valence-electron chi connectivity index (χ2n) is 7.69. The van der Waals surface area contributed by atoms with Crippen LogP contribution in [0.15, 0.2) is 42.6 Å². The molecule has 4 heterocycles. The highest BCUT2D eigenvalue weighted by molar-refractivity contribution is 6.34. The summed E-state index contributed by atoms with van der Waals surface area (Å²) in [6.45, 7) is 0.451. The normalized spacial score (nSPS) is 20.5. The predicted octanol–water partition coefficient (Wildman–Crippen LogP) is 4.76. The highest BCUT2D eigenvalue weighted by Gasteiger charge is 2.44. The van der Waals surface area contributed by atoms with Gasteiger partial charge in [-0.05, 0) is 43.5 Å². The summed E-state index contributed by atoms with van der Waals surface area (Å²) in [5.41, 5.74) is -0.478. The van der Waals surface area contributed by atoms with Gasteiger partial charge in [0.2, 0.25) is 0 Å². The van der Waals surface area contributed by atoms with Crippen LogP contribution in [0.5, 0.6) is 0 Å². The van der Waals surface area contributed by atoms with Crippen molar-refractivity contribution in [1.29, 1.82) is 0 Å². The number of hydrogen-bond acceptors (Lipinski definition) is 4. The molecule has 1 aromatic carbocycles. The minimum absolute atomic E-state index is 0.147. The quantitative estimate of drug-likeness (QED) is 0.568. The average molecular weight is 448 g/mol. The maximum absolute atomic E-state index is 13.4. The van der Waals surface area contributed by atoms with Crippen molar-refractivity contribution in [2.75, 3.05) is 0 Å². The molecule has 0 saturated carbocycles. The van der Waals surface area contributed by atoms with Crippen LogP contribution >= 0.6 is 11.6 Å². The molecule has 6 nitrogen and oxygen atoms in total. The molecule has 0 unspecified atom stereocenters. The number of nitrogens with zero attached hydrogens (tertiary/aromatic N) is 5. The van der Waals surface area contributed by atoms with Crippen molar-refractivity contribution in [3.05, 3.63) is 64.6 Å². The molecule has 2 aromatic heterocycles. The van der Waals surface area contributed by atoms with Gasteiger partial charge >= 0.3 is 6.18 Å². The van der Waals surface area contributed by atoms with Gasteiger partial charge in [-0.3, -0.25) is 9.78 Å². The van der Waals surface area contributed by atoms with E-state index in [9.17, 15) is 18.0 Å². The number of rotatable bonds is 2. The number of halogens is 4. The largest absolute Gasteiger partial charge is 0.417 e. The maximum atomic E-state index is 13.4. The van der Waals surface area contributed by atoms with Crippen molar-refractivity contribution < 1.29 is 18.0 Å². The van der Waals surface area contributed by atoms with Crippen molar-refractivity contribution in [2.24, 2.45) is 0 Å². The first-order valence-electron chi connectivity index (χ1n) is 9.89. The molecule has 5 rings (SSSR count). The van der Waals surface area contributed by atoms with Crippen LogP contribution in [0, 0.1) is 0 Å². The predicted molar refractivity (Wildman–Crippen MR) is 106 cm³/mol. The fourth-order valence-corrected chi connectivity index (χ4v) is 4.83. The smallest absolute Gasteiger partial charge is 0.324 e. The van der Waals surface area contributed by atoms with Crippen molar-refractivity contribution in [3.8, 4) is 11.5 Å². The number of piperidine rings is 1. The summed E-state index contributed by atoms with van der Waals surface area (Å²) >= 11 is 6.04. The summed E-state index contributed by atoms with van der Waals surface area (Å²) in [6, 6.07) is 8.37. The Bertz CT molecular complexity index is 1150. The molecule has 0 N–H and O–H groups in total. The summed E-state index contributed by atoms with van der Waals surface area (Å²) in [4.78, 5) is 19.4. The minimum atomic E-state index is -4.64. The second kappa shape index (κ2) is 7.33. The third kappa shape index (κ3) is 3.27. The van der Waals surface area contributed by atoms with Gasteiger partial charge in [0.1, 0.15) is 5.69 Å². The first-order valence-corrected chi connectivity index (χ1v) is 10.3. The van der Waals surface area contributed by atoms with E-state index in [4.69, 9.17) is 11.6 Å². The van der Waals surface area contributed by atoms with E-state index in [-0.39, 0.29) is 17.6 Å². The van der Waals surface area contributed by atoms with E-state index < -0.39 is 22.7 Å². The maximum Gasteiger partial charge on any atom is 0.417 e. The molecule has 0 aliphatic carbocycles. The van der Waals surface area contributed by atoms with Crippen molar-refractivity contribution in [2.45, 2.75) is 44.1 Å². The molecule has 3 aromatic rings. The molecular weight excluding hydrogens is 431 g/mol.